The van der Waals surface area contributed by atoms with Crippen LogP contribution in [-0.4, -0.2) is 32.4 Å². The lowest BCUT2D eigenvalue weighted by molar-refractivity contribution is -0.125. The van der Waals surface area contributed by atoms with E-state index in [9.17, 15) is 26.8 Å². The van der Waals surface area contributed by atoms with Crippen molar-refractivity contribution in [2.45, 2.75) is 29.7 Å². The maximum Gasteiger partial charge on any atom is 0.322 e. The third-order valence-corrected chi connectivity index (χ3v) is 6.62. The molecule has 1 saturated carbocycles. The smallest absolute Gasteiger partial charge is 0.322 e. The zero-order valence-corrected chi connectivity index (χ0v) is 15.1. The number of benzene rings is 1. The second-order valence-corrected chi connectivity index (χ2v) is 8.61. The van der Waals surface area contributed by atoms with Gasteiger partial charge >= 0.3 is 6.03 Å². The summed E-state index contributed by atoms with van der Waals surface area (Å²) in [6.45, 7) is -0.187. The molecule has 1 spiro atoms. The summed E-state index contributed by atoms with van der Waals surface area (Å²) < 4.78 is 54.1. The Morgan fingerprint density at radius 1 is 1.28 bits per heavy atom. The van der Waals surface area contributed by atoms with Gasteiger partial charge in [-0.1, -0.05) is 6.42 Å². The van der Waals surface area contributed by atoms with Crippen LogP contribution in [0.25, 0.3) is 0 Å². The minimum Gasteiger partial charge on any atom is -0.323 e. The van der Waals surface area contributed by atoms with Crippen LogP contribution in [0.2, 0.25) is 0 Å². The van der Waals surface area contributed by atoms with Crippen molar-refractivity contribution >= 4 is 37.9 Å². The van der Waals surface area contributed by atoms with Crippen LogP contribution in [0.4, 0.5) is 13.6 Å². The Morgan fingerprint density at radius 3 is 2.64 bits per heavy atom. The number of imide groups is 1. The van der Waals surface area contributed by atoms with Crippen molar-refractivity contribution in [2.75, 3.05) is 6.54 Å². The van der Waals surface area contributed by atoms with Crippen LogP contribution >= 0.6 is 15.9 Å². The fraction of sp³-hybridized carbons (Fsp3) is 0.429. The summed E-state index contributed by atoms with van der Waals surface area (Å²) >= 11 is 2.78. The highest BCUT2D eigenvalue weighted by Crippen LogP contribution is 2.37. The normalized spacial score (nSPS) is 26.1. The topological polar surface area (TPSA) is 104 Å². The van der Waals surface area contributed by atoms with Crippen LogP contribution < -0.4 is 15.4 Å². The molecule has 0 aromatic heterocycles. The number of urea groups is 1. The number of carbonyl (C=O) groups excluding carboxylic acids is 2. The molecule has 7 nitrogen and oxygen atoms in total. The SMILES string of the molecule is O=C1NC(=O)C2(CCCC2CNS(=O)(=O)c2cc(F)c(Br)cc2F)N1. The molecule has 11 heteroatoms. The van der Waals surface area contributed by atoms with Gasteiger partial charge in [0.2, 0.25) is 10.0 Å². The van der Waals surface area contributed by atoms with Crippen LogP contribution in [0.5, 0.6) is 0 Å². The van der Waals surface area contributed by atoms with Gasteiger partial charge in [0, 0.05) is 12.5 Å². The third kappa shape index (κ3) is 3.15. The molecule has 2 unspecified atom stereocenters. The Hall–Kier alpha value is -1.59. The fourth-order valence-corrected chi connectivity index (χ4v) is 4.79. The number of sulfonamides is 1. The zero-order valence-electron chi connectivity index (χ0n) is 12.7. The van der Waals surface area contributed by atoms with E-state index in [1.165, 1.54) is 0 Å². The van der Waals surface area contributed by atoms with E-state index in [0.717, 1.165) is 6.07 Å². The van der Waals surface area contributed by atoms with Crippen molar-refractivity contribution in [3.8, 4) is 0 Å². The third-order valence-electron chi connectivity index (χ3n) is 4.57. The first kappa shape index (κ1) is 18.2. The highest BCUT2D eigenvalue weighted by molar-refractivity contribution is 9.10. The maximum atomic E-state index is 13.9. The molecule has 0 radical (unpaired) electrons. The Kier molecular flexibility index (Phi) is 4.58. The molecule has 0 bridgehead atoms. The van der Waals surface area contributed by atoms with Crippen LogP contribution in [-0.2, 0) is 14.8 Å². The van der Waals surface area contributed by atoms with Crippen molar-refractivity contribution < 1.29 is 26.8 Å². The van der Waals surface area contributed by atoms with Gasteiger partial charge in [0.25, 0.3) is 5.91 Å². The van der Waals surface area contributed by atoms with E-state index in [1.807, 2.05) is 0 Å². The Labute approximate surface area is 150 Å². The number of nitrogens with one attached hydrogen (secondary N) is 3. The monoisotopic (exact) mass is 437 g/mol. The zero-order chi connectivity index (χ0) is 18.4. The lowest BCUT2D eigenvalue weighted by Crippen LogP contribution is -2.53. The second kappa shape index (κ2) is 6.29. The van der Waals surface area contributed by atoms with Gasteiger partial charge in [0.1, 0.15) is 22.1 Å². The van der Waals surface area contributed by atoms with Gasteiger partial charge < -0.3 is 5.32 Å². The minimum absolute atomic E-state index is 0.187. The summed E-state index contributed by atoms with van der Waals surface area (Å²) in [6.07, 6.45) is 1.52. The van der Waals surface area contributed by atoms with Crippen molar-refractivity contribution in [1.82, 2.24) is 15.4 Å². The van der Waals surface area contributed by atoms with Gasteiger partial charge in [0.05, 0.1) is 4.47 Å². The van der Waals surface area contributed by atoms with Gasteiger partial charge in [-0.25, -0.2) is 26.7 Å². The molecule has 25 heavy (non-hydrogen) atoms. The maximum absolute atomic E-state index is 13.9. The summed E-state index contributed by atoms with van der Waals surface area (Å²) in [5, 5.41) is 4.71. The van der Waals surface area contributed by atoms with Gasteiger partial charge in [-0.15, -0.1) is 0 Å². The van der Waals surface area contributed by atoms with Gasteiger partial charge in [0.15, 0.2) is 0 Å². The largest absolute Gasteiger partial charge is 0.323 e. The molecular formula is C14H14BrF2N3O4S. The summed E-state index contributed by atoms with van der Waals surface area (Å²) in [4.78, 5) is 22.7. The predicted molar refractivity (Wildman–Crippen MR) is 86.0 cm³/mol. The first-order chi connectivity index (χ1) is 11.7. The highest BCUT2D eigenvalue weighted by atomic mass is 79.9. The van der Waals surface area contributed by atoms with E-state index in [-0.39, 0.29) is 11.0 Å². The van der Waals surface area contributed by atoms with Gasteiger partial charge in [-0.2, -0.15) is 0 Å². The van der Waals surface area contributed by atoms with E-state index in [1.54, 1.807) is 0 Å². The average molecular weight is 438 g/mol. The van der Waals surface area contributed by atoms with Gasteiger partial charge in [-0.3, -0.25) is 10.1 Å². The minimum atomic E-state index is -4.33. The second-order valence-electron chi connectivity index (χ2n) is 6.02. The number of hydrogen-bond acceptors (Lipinski definition) is 4. The van der Waals surface area contributed by atoms with Crippen molar-refractivity contribution in [1.29, 1.82) is 0 Å². The molecule has 2 atom stereocenters. The summed E-state index contributed by atoms with van der Waals surface area (Å²) in [7, 11) is -4.33. The predicted octanol–water partition coefficient (Wildman–Crippen LogP) is 1.38. The van der Waals surface area contributed by atoms with Crippen LogP contribution in [0, 0.1) is 17.6 Å². The summed E-state index contributed by atoms with van der Waals surface area (Å²) in [6, 6.07) is 0.683. The Morgan fingerprint density at radius 2 is 2.00 bits per heavy atom. The number of carbonyl (C=O) groups is 2. The van der Waals surface area contributed by atoms with E-state index < -0.39 is 49.9 Å². The molecule has 1 aliphatic heterocycles. The molecule has 1 aliphatic carbocycles. The number of amides is 3. The van der Waals surface area contributed by atoms with Crippen molar-refractivity contribution in [3.05, 3.63) is 28.2 Å². The van der Waals surface area contributed by atoms with Gasteiger partial charge in [-0.05, 0) is 40.9 Å². The number of halogens is 3. The molecule has 136 valence electrons. The molecule has 3 rings (SSSR count). The van der Waals surface area contributed by atoms with E-state index in [4.69, 9.17) is 0 Å². The highest BCUT2D eigenvalue weighted by Gasteiger charge is 2.54. The van der Waals surface area contributed by atoms with E-state index in [0.29, 0.717) is 25.3 Å². The Balaban J connectivity index is 1.80. The van der Waals surface area contributed by atoms with Crippen molar-refractivity contribution in [3.63, 3.8) is 0 Å². The summed E-state index contributed by atoms with van der Waals surface area (Å²) in [5.74, 6) is -3.01. The van der Waals surface area contributed by atoms with Crippen LogP contribution in [0.1, 0.15) is 19.3 Å². The molecule has 3 amide bonds. The first-order valence-corrected chi connectivity index (χ1v) is 9.71. The van der Waals surface area contributed by atoms with Crippen LogP contribution in [0.15, 0.2) is 21.5 Å². The lowest BCUT2D eigenvalue weighted by Gasteiger charge is -2.28. The molecule has 1 aromatic rings. The lowest BCUT2D eigenvalue weighted by atomic mass is 9.87. The van der Waals surface area contributed by atoms with Crippen LogP contribution in [0.3, 0.4) is 0 Å². The number of rotatable bonds is 4. The Bertz CT molecular complexity index is 864. The first-order valence-electron chi connectivity index (χ1n) is 7.43. The standard InChI is InChI=1S/C14H14BrF2N3O4S/c15-8-4-10(17)11(5-9(8)16)25(23,24)18-6-7-2-1-3-14(7)12(21)19-13(22)20-14/h4-5,7,18H,1-3,6H2,(H2,19,20,21,22). The quantitative estimate of drug-likeness (QED) is 0.488. The molecule has 2 aliphatic rings. The summed E-state index contributed by atoms with van der Waals surface area (Å²) in [5.41, 5.74) is -1.16. The molecule has 1 heterocycles. The van der Waals surface area contributed by atoms with Crippen molar-refractivity contribution in [2.24, 2.45) is 5.92 Å². The van der Waals surface area contributed by atoms with E-state index in [2.05, 4.69) is 31.3 Å². The average Bonchev–Trinajstić information content (AvgIpc) is 3.04. The fourth-order valence-electron chi connectivity index (χ4n) is 3.32. The van der Waals surface area contributed by atoms with E-state index >= 15 is 0 Å². The molecule has 2 fully saturated rings. The molecule has 1 aromatic carbocycles. The molecule has 1 saturated heterocycles. The number of hydrogen-bond donors (Lipinski definition) is 3. The molecule has 3 N–H and O–H groups in total. The molecular weight excluding hydrogens is 424 g/mol.